The van der Waals surface area contributed by atoms with Crippen molar-refractivity contribution in [1.82, 2.24) is 5.06 Å². The summed E-state index contributed by atoms with van der Waals surface area (Å²) < 4.78 is 0. The third-order valence-electron chi connectivity index (χ3n) is 3.40. The van der Waals surface area contributed by atoms with Gasteiger partial charge in [-0.1, -0.05) is 42.5 Å². The molecule has 0 N–H and O–H groups in total. The summed E-state index contributed by atoms with van der Waals surface area (Å²) in [5.74, 6) is 0. The molecule has 0 radical (unpaired) electrons. The van der Waals surface area contributed by atoms with Crippen molar-refractivity contribution in [2.24, 2.45) is 0 Å². The predicted molar refractivity (Wildman–Crippen MR) is 64.7 cm³/mol. The summed E-state index contributed by atoms with van der Waals surface area (Å²) in [7, 11) is 0. The Bertz CT molecular complexity index is 362. The minimum Gasteiger partial charge on any atom is -0.291 e. The Morgan fingerprint density at radius 3 is 2.94 bits per heavy atom. The summed E-state index contributed by atoms with van der Waals surface area (Å²) in [4.78, 5) is 5.85. The Hall–Kier alpha value is -1.12. The molecule has 2 fully saturated rings. The van der Waals surface area contributed by atoms with Gasteiger partial charge in [0.25, 0.3) is 0 Å². The van der Waals surface area contributed by atoms with Gasteiger partial charge in [0.05, 0.1) is 6.10 Å². The molecule has 0 spiro atoms. The molecule has 16 heavy (non-hydrogen) atoms. The van der Waals surface area contributed by atoms with Gasteiger partial charge in [0.15, 0.2) is 0 Å². The molecule has 0 bridgehead atoms. The molecule has 3 rings (SSSR count). The van der Waals surface area contributed by atoms with E-state index in [4.69, 9.17) is 4.84 Å². The number of benzene rings is 1. The average molecular weight is 215 g/mol. The number of hydroxylamine groups is 2. The van der Waals surface area contributed by atoms with Crippen LogP contribution in [0.2, 0.25) is 0 Å². The molecule has 2 nitrogen and oxygen atoms in total. The fourth-order valence-electron chi connectivity index (χ4n) is 2.56. The molecule has 0 aliphatic carbocycles. The van der Waals surface area contributed by atoms with Gasteiger partial charge >= 0.3 is 0 Å². The molecule has 1 aromatic rings. The average Bonchev–Trinajstić information content (AvgIpc) is 2.88. The Kier molecular flexibility index (Phi) is 2.77. The maximum absolute atomic E-state index is 5.85. The summed E-state index contributed by atoms with van der Waals surface area (Å²) in [6, 6.07) is 11.1. The summed E-state index contributed by atoms with van der Waals surface area (Å²) in [5, 5.41) is 2.17. The monoisotopic (exact) mass is 215 g/mol. The maximum Gasteiger partial charge on any atom is 0.0993 e. The Labute approximate surface area is 96.5 Å². The summed E-state index contributed by atoms with van der Waals surface area (Å²) in [6.07, 6.45) is 8.38. The van der Waals surface area contributed by atoms with Gasteiger partial charge in [0.1, 0.15) is 0 Å². The van der Waals surface area contributed by atoms with Crippen LogP contribution in [-0.4, -0.2) is 23.8 Å². The van der Waals surface area contributed by atoms with Crippen LogP contribution in [0.15, 0.2) is 36.4 Å². The van der Waals surface area contributed by atoms with Crippen LogP contribution in [-0.2, 0) is 4.84 Å². The second kappa shape index (κ2) is 4.40. The third kappa shape index (κ3) is 2.04. The lowest BCUT2D eigenvalue weighted by Gasteiger charge is -2.11. The fourth-order valence-corrected chi connectivity index (χ4v) is 2.56. The van der Waals surface area contributed by atoms with Crippen LogP contribution in [0.5, 0.6) is 0 Å². The van der Waals surface area contributed by atoms with Crippen molar-refractivity contribution >= 4 is 6.08 Å². The molecular formula is C14H17NO. The third-order valence-corrected chi connectivity index (χ3v) is 3.40. The van der Waals surface area contributed by atoms with Gasteiger partial charge in [0, 0.05) is 12.6 Å². The Morgan fingerprint density at radius 1 is 1.25 bits per heavy atom. The van der Waals surface area contributed by atoms with Crippen LogP contribution < -0.4 is 0 Å². The lowest BCUT2D eigenvalue weighted by atomic mass is 10.1. The quantitative estimate of drug-likeness (QED) is 0.752. The zero-order chi connectivity index (χ0) is 10.8. The van der Waals surface area contributed by atoms with E-state index in [9.17, 15) is 0 Å². The molecule has 0 amide bonds. The Morgan fingerprint density at radius 2 is 2.12 bits per heavy atom. The fraction of sp³-hybridized carbons (Fsp3) is 0.429. The van der Waals surface area contributed by atoms with Crippen LogP contribution in [0.4, 0.5) is 0 Å². The highest BCUT2D eigenvalue weighted by Crippen LogP contribution is 2.30. The molecule has 2 unspecified atom stereocenters. The van der Waals surface area contributed by atoms with E-state index in [1.807, 2.05) is 6.07 Å². The Balaban J connectivity index is 1.62. The van der Waals surface area contributed by atoms with Crippen LogP contribution in [0.25, 0.3) is 6.08 Å². The molecule has 2 aliphatic rings. The van der Waals surface area contributed by atoms with Gasteiger partial charge in [-0.05, 0) is 24.8 Å². The SMILES string of the molecule is C(=C\C1CC2CCCN2O1)/c1ccccc1. The molecule has 0 aromatic heterocycles. The van der Waals surface area contributed by atoms with E-state index in [-0.39, 0.29) is 6.10 Å². The van der Waals surface area contributed by atoms with E-state index in [1.54, 1.807) is 0 Å². The zero-order valence-corrected chi connectivity index (χ0v) is 9.38. The predicted octanol–water partition coefficient (Wildman–Crippen LogP) is 2.87. The molecule has 2 heteroatoms. The van der Waals surface area contributed by atoms with Crippen LogP contribution in [0, 0.1) is 0 Å². The molecule has 1 aromatic carbocycles. The lowest BCUT2D eigenvalue weighted by molar-refractivity contribution is -0.134. The maximum atomic E-state index is 5.85. The summed E-state index contributed by atoms with van der Waals surface area (Å²) in [6.45, 7) is 1.11. The van der Waals surface area contributed by atoms with Gasteiger partial charge in [0.2, 0.25) is 0 Å². The lowest BCUT2D eigenvalue weighted by Crippen LogP contribution is -2.20. The standard InChI is InChI=1S/C14H17NO/c1-2-5-12(6-3-1)8-9-14-11-13-7-4-10-15(13)16-14/h1-3,5-6,8-9,13-14H,4,7,10-11H2/b9-8+. The normalized spacial score (nSPS) is 30.0. The van der Waals surface area contributed by atoms with E-state index in [2.05, 4.69) is 41.5 Å². The second-order valence-electron chi connectivity index (χ2n) is 4.59. The first-order valence-corrected chi connectivity index (χ1v) is 6.08. The van der Waals surface area contributed by atoms with Crippen molar-refractivity contribution in [2.45, 2.75) is 31.4 Å². The van der Waals surface area contributed by atoms with Crippen molar-refractivity contribution in [1.29, 1.82) is 0 Å². The first-order chi connectivity index (χ1) is 7.92. The van der Waals surface area contributed by atoms with Crippen molar-refractivity contribution in [3.05, 3.63) is 42.0 Å². The highest BCUT2D eigenvalue weighted by atomic mass is 16.7. The number of nitrogens with zero attached hydrogens (tertiary/aromatic N) is 1. The van der Waals surface area contributed by atoms with Crippen molar-refractivity contribution in [3.63, 3.8) is 0 Å². The number of hydrogen-bond acceptors (Lipinski definition) is 2. The van der Waals surface area contributed by atoms with Gasteiger partial charge in [-0.2, -0.15) is 5.06 Å². The van der Waals surface area contributed by atoms with Gasteiger partial charge < -0.3 is 0 Å². The van der Waals surface area contributed by atoms with E-state index >= 15 is 0 Å². The smallest absolute Gasteiger partial charge is 0.0993 e. The molecule has 0 saturated carbocycles. The molecule has 2 atom stereocenters. The highest BCUT2D eigenvalue weighted by Gasteiger charge is 2.35. The number of fused-ring (bicyclic) bond motifs is 1. The minimum atomic E-state index is 0.283. The van der Waals surface area contributed by atoms with Crippen LogP contribution in [0.1, 0.15) is 24.8 Å². The van der Waals surface area contributed by atoms with Gasteiger partial charge in [-0.25, -0.2) is 0 Å². The van der Waals surface area contributed by atoms with Crippen LogP contribution in [0.3, 0.4) is 0 Å². The van der Waals surface area contributed by atoms with E-state index in [0.717, 1.165) is 13.0 Å². The summed E-state index contributed by atoms with van der Waals surface area (Å²) in [5.41, 5.74) is 1.25. The van der Waals surface area contributed by atoms with Crippen molar-refractivity contribution in [3.8, 4) is 0 Å². The molecule has 84 valence electrons. The number of hydrogen-bond donors (Lipinski definition) is 0. The van der Waals surface area contributed by atoms with E-state index < -0.39 is 0 Å². The first-order valence-electron chi connectivity index (χ1n) is 6.08. The number of rotatable bonds is 2. The van der Waals surface area contributed by atoms with Gasteiger partial charge in [-0.15, -0.1) is 0 Å². The topological polar surface area (TPSA) is 12.5 Å². The highest BCUT2D eigenvalue weighted by molar-refractivity contribution is 5.49. The summed E-state index contributed by atoms with van der Waals surface area (Å²) >= 11 is 0. The molecule has 2 aliphatic heterocycles. The molecule has 2 saturated heterocycles. The molecular weight excluding hydrogens is 198 g/mol. The largest absolute Gasteiger partial charge is 0.291 e. The zero-order valence-electron chi connectivity index (χ0n) is 9.38. The van der Waals surface area contributed by atoms with Crippen LogP contribution >= 0.6 is 0 Å². The first kappa shape index (κ1) is 10.1. The van der Waals surface area contributed by atoms with E-state index in [1.165, 1.54) is 18.4 Å². The van der Waals surface area contributed by atoms with Gasteiger partial charge in [-0.3, -0.25) is 4.84 Å². The minimum absolute atomic E-state index is 0.283. The second-order valence-corrected chi connectivity index (χ2v) is 4.59. The van der Waals surface area contributed by atoms with E-state index in [0.29, 0.717) is 6.04 Å². The van der Waals surface area contributed by atoms with Crippen molar-refractivity contribution < 1.29 is 4.84 Å². The molecule has 2 heterocycles. The van der Waals surface area contributed by atoms with Crippen molar-refractivity contribution in [2.75, 3.05) is 6.54 Å².